The number of unbranched alkanes of at least 4 members (excludes halogenated alkanes) is 1. The highest BCUT2D eigenvalue weighted by atomic mass is 127. The first-order valence-electron chi connectivity index (χ1n) is 4.86. The summed E-state index contributed by atoms with van der Waals surface area (Å²) in [4.78, 5) is 11.6. The third-order valence-electron chi connectivity index (χ3n) is 2.12. The lowest BCUT2D eigenvalue weighted by Gasteiger charge is -2.16. The van der Waals surface area contributed by atoms with E-state index in [2.05, 4.69) is 44.3 Å². The first kappa shape index (κ1) is 14.7. The Hall–Kier alpha value is 0.670. The van der Waals surface area contributed by atoms with E-state index in [9.17, 15) is 4.79 Å². The zero-order valence-corrected chi connectivity index (χ0v) is 11.8. The van der Waals surface area contributed by atoms with Gasteiger partial charge in [-0.15, -0.1) is 0 Å². The van der Waals surface area contributed by atoms with Gasteiger partial charge in [0.05, 0.1) is 11.3 Å². The van der Waals surface area contributed by atoms with Crippen molar-refractivity contribution in [1.29, 1.82) is 0 Å². The predicted octanol–water partition coefficient (Wildman–Crippen LogP) is 1.57. The minimum Gasteiger partial charge on any atom is -0.311 e. The van der Waals surface area contributed by atoms with Crippen LogP contribution in [0.15, 0.2) is 0 Å². The SMILES string of the molecule is CNC(CCCCNI)C(=O)C(C)S. The van der Waals surface area contributed by atoms with E-state index in [-0.39, 0.29) is 17.1 Å². The summed E-state index contributed by atoms with van der Waals surface area (Å²) in [6.07, 6.45) is 3.07. The standard InChI is InChI=1S/C9H19IN2OS/c1-7(14)9(13)8(11-2)5-3-4-6-12-10/h7-8,11-12,14H,3-6H2,1-2H3. The normalized spacial score (nSPS) is 15.1. The van der Waals surface area contributed by atoms with Gasteiger partial charge in [-0.2, -0.15) is 12.6 Å². The summed E-state index contributed by atoms with van der Waals surface area (Å²) in [5, 5.41) is 2.87. The molecule has 3 nitrogen and oxygen atoms in total. The molecule has 0 spiro atoms. The van der Waals surface area contributed by atoms with Crippen molar-refractivity contribution in [2.24, 2.45) is 0 Å². The fourth-order valence-corrected chi connectivity index (χ4v) is 1.82. The van der Waals surface area contributed by atoms with E-state index in [4.69, 9.17) is 0 Å². The van der Waals surface area contributed by atoms with Gasteiger partial charge in [-0.05, 0) is 26.8 Å². The van der Waals surface area contributed by atoms with Gasteiger partial charge in [-0.25, -0.2) is 0 Å². The molecule has 2 N–H and O–H groups in total. The van der Waals surface area contributed by atoms with Gasteiger partial charge in [0.15, 0.2) is 5.78 Å². The van der Waals surface area contributed by atoms with E-state index in [0.29, 0.717) is 0 Å². The van der Waals surface area contributed by atoms with Crippen LogP contribution in [0, 0.1) is 0 Å². The Labute approximate surface area is 106 Å². The summed E-state index contributed by atoms with van der Waals surface area (Å²) in [6.45, 7) is 2.82. The fourth-order valence-electron chi connectivity index (χ4n) is 1.26. The number of ketones is 1. The van der Waals surface area contributed by atoms with E-state index in [1.807, 2.05) is 14.0 Å². The Kier molecular flexibility index (Phi) is 9.36. The smallest absolute Gasteiger partial charge is 0.162 e. The molecule has 0 saturated carbocycles. The van der Waals surface area contributed by atoms with Crippen molar-refractivity contribution in [2.45, 2.75) is 37.5 Å². The van der Waals surface area contributed by atoms with Crippen molar-refractivity contribution < 1.29 is 4.79 Å². The highest BCUT2D eigenvalue weighted by molar-refractivity contribution is 14.1. The molecule has 84 valence electrons. The Morgan fingerprint density at radius 3 is 2.57 bits per heavy atom. The van der Waals surface area contributed by atoms with Crippen LogP contribution in [0.2, 0.25) is 0 Å². The third kappa shape index (κ3) is 6.21. The maximum Gasteiger partial charge on any atom is 0.162 e. The highest BCUT2D eigenvalue weighted by Gasteiger charge is 2.18. The topological polar surface area (TPSA) is 41.1 Å². The fraction of sp³-hybridized carbons (Fsp3) is 0.889. The average molecular weight is 330 g/mol. The second-order valence-electron chi connectivity index (χ2n) is 3.30. The summed E-state index contributed by atoms with van der Waals surface area (Å²) in [5.41, 5.74) is 0. The van der Waals surface area contributed by atoms with Gasteiger partial charge in [0.2, 0.25) is 0 Å². The minimum atomic E-state index is -0.171. The number of Topliss-reactive ketones (excluding diaryl/α,β-unsaturated/α-hetero) is 1. The molecule has 5 heteroatoms. The molecule has 0 aliphatic carbocycles. The zero-order chi connectivity index (χ0) is 11.0. The number of hydrogen-bond acceptors (Lipinski definition) is 4. The Bertz CT molecular complexity index is 167. The number of likely N-dealkylation sites (N-methyl/N-ethyl adjacent to an activating group) is 1. The van der Waals surface area contributed by atoms with E-state index in [0.717, 1.165) is 25.8 Å². The van der Waals surface area contributed by atoms with Crippen LogP contribution in [-0.2, 0) is 4.79 Å². The van der Waals surface area contributed by atoms with Gasteiger partial charge in [-0.1, -0.05) is 6.42 Å². The molecule has 2 atom stereocenters. The Morgan fingerprint density at radius 2 is 2.14 bits per heavy atom. The monoisotopic (exact) mass is 330 g/mol. The highest BCUT2D eigenvalue weighted by Crippen LogP contribution is 2.06. The van der Waals surface area contributed by atoms with Crippen LogP contribution in [0.5, 0.6) is 0 Å². The number of rotatable bonds is 8. The van der Waals surface area contributed by atoms with Crippen LogP contribution in [0.3, 0.4) is 0 Å². The van der Waals surface area contributed by atoms with Crippen LogP contribution < -0.4 is 8.85 Å². The Balaban J connectivity index is 3.73. The van der Waals surface area contributed by atoms with Crippen molar-refractivity contribution in [3.8, 4) is 0 Å². The molecule has 2 unspecified atom stereocenters. The van der Waals surface area contributed by atoms with Crippen LogP contribution in [0.4, 0.5) is 0 Å². The first-order valence-corrected chi connectivity index (χ1v) is 6.45. The second kappa shape index (κ2) is 8.94. The number of carbonyl (C=O) groups excluding carboxylic acids is 1. The molecule has 0 aromatic heterocycles. The molecule has 0 aromatic carbocycles. The summed E-state index contributed by atoms with van der Waals surface area (Å²) < 4.78 is 3.06. The van der Waals surface area contributed by atoms with Crippen molar-refractivity contribution in [3.63, 3.8) is 0 Å². The third-order valence-corrected chi connectivity index (χ3v) is 2.91. The van der Waals surface area contributed by atoms with Gasteiger partial charge >= 0.3 is 0 Å². The minimum absolute atomic E-state index is 0.0308. The van der Waals surface area contributed by atoms with Gasteiger partial charge in [-0.3, -0.25) is 8.32 Å². The summed E-state index contributed by atoms with van der Waals surface area (Å²) in [6, 6.07) is -0.0308. The van der Waals surface area contributed by atoms with Crippen LogP contribution in [0.1, 0.15) is 26.2 Å². The van der Waals surface area contributed by atoms with E-state index in [1.54, 1.807) is 0 Å². The van der Waals surface area contributed by atoms with Crippen LogP contribution in [0.25, 0.3) is 0 Å². The van der Waals surface area contributed by atoms with Crippen molar-refractivity contribution in [2.75, 3.05) is 13.6 Å². The number of hydrogen-bond donors (Lipinski definition) is 3. The molecular formula is C9H19IN2OS. The van der Waals surface area contributed by atoms with E-state index >= 15 is 0 Å². The molecule has 0 aromatic rings. The lowest BCUT2D eigenvalue weighted by atomic mass is 10.0. The quantitative estimate of drug-likeness (QED) is 0.274. The molecule has 0 fully saturated rings. The molecule has 0 amide bonds. The summed E-state index contributed by atoms with van der Waals surface area (Å²) in [5.74, 6) is 0.193. The van der Waals surface area contributed by atoms with Gasteiger partial charge in [0.25, 0.3) is 0 Å². The molecular weight excluding hydrogens is 311 g/mol. The molecule has 0 saturated heterocycles. The predicted molar refractivity (Wildman–Crippen MR) is 72.2 cm³/mol. The molecule has 0 rings (SSSR count). The van der Waals surface area contributed by atoms with E-state index < -0.39 is 0 Å². The molecule has 0 radical (unpaired) electrons. The number of thiol groups is 1. The summed E-state index contributed by atoms with van der Waals surface area (Å²) >= 11 is 6.28. The molecule has 0 aliphatic heterocycles. The maximum absolute atomic E-state index is 11.6. The molecule has 0 bridgehead atoms. The Morgan fingerprint density at radius 1 is 1.50 bits per heavy atom. The zero-order valence-electron chi connectivity index (χ0n) is 8.72. The number of nitrogens with one attached hydrogen (secondary N) is 2. The van der Waals surface area contributed by atoms with Gasteiger partial charge < -0.3 is 5.32 Å². The first-order chi connectivity index (χ1) is 6.63. The van der Waals surface area contributed by atoms with Crippen LogP contribution >= 0.6 is 35.5 Å². The van der Waals surface area contributed by atoms with Gasteiger partial charge in [0, 0.05) is 29.4 Å². The van der Waals surface area contributed by atoms with Gasteiger partial charge in [0.1, 0.15) is 0 Å². The van der Waals surface area contributed by atoms with Crippen molar-refractivity contribution in [3.05, 3.63) is 0 Å². The number of halogens is 1. The summed E-state index contributed by atoms with van der Waals surface area (Å²) in [7, 11) is 1.83. The largest absolute Gasteiger partial charge is 0.311 e. The molecule has 14 heavy (non-hydrogen) atoms. The van der Waals surface area contributed by atoms with Crippen molar-refractivity contribution in [1.82, 2.24) is 8.85 Å². The van der Waals surface area contributed by atoms with E-state index in [1.165, 1.54) is 0 Å². The van der Waals surface area contributed by atoms with Crippen molar-refractivity contribution >= 4 is 41.3 Å². The lowest BCUT2D eigenvalue weighted by molar-refractivity contribution is -0.120. The average Bonchev–Trinajstić information content (AvgIpc) is 2.17. The number of carbonyl (C=O) groups is 1. The molecule has 0 heterocycles. The second-order valence-corrected chi connectivity index (χ2v) is 4.84. The maximum atomic E-state index is 11.6. The molecule has 0 aliphatic rings. The van der Waals surface area contributed by atoms with Crippen LogP contribution in [-0.4, -0.2) is 30.7 Å². The lowest BCUT2D eigenvalue weighted by Crippen LogP contribution is -2.38.